The number of hydrogen-bond donors (Lipinski definition) is 1. The molecule has 0 aliphatic carbocycles. The molecule has 1 atom stereocenters. The zero-order valence-corrected chi connectivity index (χ0v) is 14.9. The van der Waals surface area contributed by atoms with Gasteiger partial charge in [-0.1, -0.05) is 11.6 Å². The second-order valence-electron chi connectivity index (χ2n) is 5.73. The fourth-order valence-electron chi connectivity index (χ4n) is 2.92. The van der Waals surface area contributed by atoms with E-state index in [-0.39, 0.29) is 29.1 Å². The summed E-state index contributed by atoms with van der Waals surface area (Å²) >= 11 is 7.60. The van der Waals surface area contributed by atoms with E-state index in [1.807, 2.05) is 0 Å². The number of nitrogens with zero attached hydrogens (tertiary/aromatic N) is 3. The van der Waals surface area contributed by atoms with Gasteiger partial charge in [-0.25, -0.2) is 14.7 Å². The van der Waals surface area contributed by atoms with Crippen molar-refractivity contribution in [2.24, 2.45) is 0 Å². The Morgan fingerprint density at radius 3 is 2.92 bits per heavy atom. The quantitative estimate of drug-likeness (QED) is 0.808. The number of carbonyl (C=O) groups is 3. The molecule has 1 aromatic carbocycles. The first-order valence-corrected chi connectivity index (χ1v) is 9.10. The molecule has 0 radical (unpaired) electrons. The molecule has 0 bridgehead atoms. The molecule has 0 spiro atoms. The van der Waals surface area contributed by atoms with Gasteiger partial charge in [-0.2, -0.15) is 0 Å². The van der Waals surface area contributed by atoms with Gasteiger partial charge in [0.25, 0.3) is 11.8 Å². The van der Waals surface area contributed by atoms with Crippen LogP contribution in [0.5, 0.6) is 0 Å². The number of fused-ring (bicyclic) bond motifs is 1. The molecule has 2 fully saturated rings. The first kappa shape index (κ1) is 17.0. The van der Waals surface area contributed by atoms with Crippen LogP contribution in [-0.4, -0.2) is 53.5 Å². The lowest BCUT2D eigenvalue weighted by Gasteiger charge is -2.26. The highest BCUT2D eigenvalue weighted by Crippen LogP contribution is 2.34. The number of halogens is 1. The minimum atomic E-state index is -0.614. The maximum Gasteiger partial charge on any atom is 0.332 e. The summed E-state index contributed by atoms with van der Waals surface area (Å²) in [4.78, 5) is 43.7. The van der Waals surface area contributed by atoms with E-state index in [1.54, 1.807) is 17.0 Å². The van der Waals surface area contributed by atoms with Gasteiger partial charge in [-0.05, 0) is 18.2 Å². The van der Waals surface area contributed by atoms with E-state index < -0.39 is 12.1 Å². The number of rotatable bonds is 3. The number of urea groups is 1. The van der Waals surface area contributed by atoms with E-state index in [0.717, 1.165) is 4.90 Å². The van der Waals surface area contributed by atoms with Crippen LogP contribution in [0.2, 0.25) is 5.02 Å². The highest BCUT2D eigenvalue weighted by Gasteiger charge is 2.47. The van der Waals surface area contributed by atoms with Crippen molar-refractivity contribution in [3.63, 3.8) is 0 Å². The predicted octanol–water partition coefficient (Wildman–Crippen LogP) is 2.22. The maximum atomic E-state index is 12.6. The fourth-order valence-corrected chi connectivity index (χ4v) is 3.71. The van der Waals surface area contributed by atoms with E-state index in [0.29, 0.717) is 24.5 Å². The van der Waals surface area contributed by atoms with Crippen molar-refractivity contribution in [2.45, 2.75) is 6.04 Å². The summed E-state index contributed by atoms with van der Waals surface area (Å²) in [5.41, 5.74) is 2.59. The average Bonchev–Trinajstić information content (AvgIpc) is 3.25. The number of aromatic nitrogens is 1. The van der Waals surface area contributed by atoms with Gasteiger partial charge in [-0.15, -0.1) is 11.3 Å². The third kappa shape index (κ3) is 2.83. The van der Waals surface area contributed by atoms with Gasteiger partial charge in [0.15, 0.2) is 0 Å². The minimum Gasteiger partial charge on any atom is -0.377 e. The van der Waals surface area contributed by atoms with Gasteiger partial charge in [0.2, 0.25) is 0 Å². The molecule has 10 heteroatoms. The van der Waals surface area contributed by atoms with Crippen LogP contribution in [0.3, 0.4) is 0 Å². The molecule has 134 valence electrons. The Hall–Kier alpha value is -2.49. The Kier molecular flexibility index (Phi) is 4.35. The first-order chi connectivity index (χ1) is 12.6. The van der Waals surface area contributed by atoms with Crippen LogP contribution < -0.4 is 10.2 Å². The number of ether oxygens (including phenoxy) is 1. The first-order valence-electron chi connectivity index (χ1n) is 7.77. The van der Waals surface area contributed by atoms with Crippen LogP contribution >= 0.6 is 22.9 Å². The molecule has 1 N–H and O–H groups in total. The monoisotopic (exact) mass is 392 g/mol. The van der Waals surface area contributed by atoms with Crippen molar-refractivity contribution in [2.75, 3.05) is 30.0 Å². The van der Waals surface area contributed by atoms with Gasteiger partial charge in [0, 0.05) is 17.6 Å². The number of imide groups is 1. The minimum absolute atomic E-state index is 0.181. The van der Waals surface area contributed by atoms with Crippen LogP contribution in [0.15, 0.2) is 29.1 Å². The van der Waals surface area contributed by atoms with Crippen molar-refractivity contribution in [1.29, 1.82) is 0 Å². The molecule has 1 aromatic heterocycles. The Bertz CT molecular complexity index is 864. The van der Waals surface area contributed by atoms with Gasteiger partial charge in [0.05, 0.1) is 29.4 Å². The number of thiazole rings is 1. The summed E-state index contributed by atoms with van der Waals surface area (Å²) in [6, 6.07) is 3.59. The SMILES string of the molecule is O=C(Nc1ccc(N2C(=O)C3COCCN3C2=O)c(Cl)c1)c1cscn1. The highest BCUT2D eigenvalue weighted by atomic mass is 35.5. The molecule has 0 saturated carbocycles. The van der Waals surface area contributed by atoms with Gasteiger partial charge < -0.3 is 15.0 Å². The lowest BCUT2D eigenvalue weighted by Crippen LogP contribution is -2.45. The summed E-state index contributed by atoms with van der Waals surface area (Å²) in [5.74, 6) is -0.728. The van der Waals surface area contributed by atoms with Crippen molar-refractivity contribution < 1.29 is 19.1 Å². The zero-order chi connectivity index (χ0) is 18.3. The number of benzene rings is 1. The average molecular weight is 393 g/mol. The molecule has 2 aliphatic rings. The Balaban J connectivity index is 1.57. The van der Waals surface area contributed by atoms with Gasteiger partial charge in [0.1, 0.15) is 11.7 Å². The van der Waals surface area contributed by atoms with Gasteiger partial charge >= 0.3 is 6.03 Å². The molecule has 26 heavy (non-hydrogen) atoms. The largest absolute Gasteiger partial charge is 0.377 e. The lowest BCUT2D eigenvalue weighted by molar-refractivity contribution is -0.123. The Labute approximate surface area is 157 Å². The van der Waals surface area contributed by atoms with Crippen molar-refractivity contribution in [3.8, 4) is 0 Å². The molecule has 2 saturated heterocycles. The van der Waals surface area contributed by atoms with E-state index in [1.165, 1.54) is 28.4 Å². The standard InChI is InChI=1S/C16H13ClN4O4S/c17-10-5-9(19-14(22)11-7-26-8-18-11)1-2-12(10)21-15(23)13-6-25-4-3-20(13)16(21)24/h1-2,5,7-8,13H,3-4,6H2,(H,19,22). The summed E-state index contributed by atoms with van der Waals surface area (Å²) in [5, 5.41) is 4.49. The highest BCUT2D eigenvalue weighted by molar-refractivity contribution is 7.07. The van der Waals surface area contributed by atoms with Crippen molar-refractivity contribution >= 4 is 52.2 Å². The molecule has 8 nitrogen and oxygen atoms in total. The van der Waals surface area contributed by atoms with Crippen LogP contribution in [-0.2, 0) is 9.53 Å². The van der Waals surface area contributed by atoms with E-state index in [4.69, 9.17) is 16.3 Å². The number of carbonyl (C=O) groups excluding carboxylic acids is 3. The third-order valence-electron chi connectivity index (χ3n) is 4.18. The molecule has 4 rings (SSSR count). The Morgan fingerprint density at radius 1 is 1.38 bits per heavy atom. The number of hydrogen-bond acceptors (Lipinski definition) is 6. The molecule has 2 aliphatic heterocycles. The molecule has 4 amide bonds. The third-order valence-corrected chi connectivity index (χ3v) is 5.07. The number of anilines is 2. The Morgan fingerprint density at radius 2 is 2.23 bits per heavy atom. The molecule has 2 aromatic rings. The topological polar surface area (TPSA) is 91.8 Å². The fraction of sp³-hybridized carbons (Fsp3) is 0.250. The van der Waals surface area contributed by atoms with Crippen LogP contribution in [0.4, 0.5) is 16.2 Å². The van der Waals surface area contributed by atoms with Crippen molar-refractivity contribution in [1.82, 2.24) is 9.88 Å². The number of morpholine rings is 1. The van der Waals surface area contributed by atoms with E-state index in [2.05, 4.69) is 10.3 Å². The van der Waals surface area contributed by atoms with E-state index in [9.17, 15) is 14.4 Å². The molecular weight excluding hydrogens is 380 g/mol. The number of amides is 4. The van der Waals surface area contributed by atoms with E-state index >= 15 is 0 Å². The molecule has 3 heterocycles. The summed E-state index contributed by atoms with van der Waals surface area (Å²) in [6.45, 7) is 0.949. The number of nitrogens with one attached hydrogen (secondary N) is 1. The van der Waals surface area contributed by atoms with Crippen LogP contribution in [0.1, 0.15) is 10.5 Å². The summed E-state index contributed by atoms with van der Waals surface area (Å²) < 4.78 is 5.29. The maximum absolute atomic E-state index is 12.6. The zero-order valence-electron chi connectivity index (χ0n) is 13.3. The lowest BCUT2D eigenvalue weighted by atomic mass is 10.2. The second kappa shape index (κ2) is 6.67. The molecular formula is C16H13ClN4O4S. The normalized spacial score (nSPS) is 19.7. The van der Waals surface area contributed by atoms with Gasteiger partial charge in [-0.3, -0.25) is 9.59 Å². The predicted molar refractivity (Wildman–Crippen MR) is 95.7 cm³/mol. The summed E-state index contributed by atoms with van der Waals surface area (Å²) in [7, 11) is 0. The smallest absolute Gasteiger partial charge is 0.332 e. The molecule has 1 unspecified atom stereocenters. The van der Waals surface area contributed by atoms with Crippen LogP contribution in [0, 0.1) is 0 Å². The second-order valence-corrected chi connectivity index (χ2v) is 6.86. The van der Waals surface area contributed by atoms with Crippen molar-refractivity contribution in [3.05, 3.63) is 39.8 Å². The summed E-state index contributed by atoms with van der Waals surface area (Å²) in [6.07, 6.45) is 0. The van der Waals surface area contributed by atoms with Crippen LogP contribution in [0.25, 0.3) is 0 Å².